The largest absolute Gasteiger partial charge is 0.378 e. The second-order valence-electron chi connectivity index (χ2n) is 7.91. The summed E-state index contributed by atoms with van der Waals surface area (Å²) in [7, 11) is 0. The van der Waals surface area contributed by atoms with Gasteiger partial charge >= 0.3 is 0 Å². The number of halogens is 1. The van der Waals surface area contributed by atoms with Gasteiger partial charge in [0.25, 0.3) is 0 Å². The van der Waals surface area contributed by atoms with E-state index in [-0.39, 0.29) is 5.82 Å². The number of thioether (sulfide) groups is 1. The van der Waals surface area contributed by atoms with E-state index in [1.54, 1.807) is 18.2 Å². The van der Waals surface area contributed by atoms with Gasteiger partial charge in [0.05, 0.1) is 24.6 Å². The average molecular weight is 487 g/mol. The van der Waals surface area contributed by atoms with E-state index in [4.69, 9.17) is 4.74 Å². The Kier molecular flexibility index (Phi) is 6.66. The average Bonchev–Trinajstić information content (AvgIpc) is 3.52. The van der Waals surface area contributed by atoms with Crippen molar-refractivity contribution < 1.29 is 9.13 Å². The van der Waals surface area contributed by atoms with Gasteiger partial charge in [0, 0.05) is 25.0 Å². The van der Waals surface area contributed by atoms with Gasteiger partial charge in [0.1, 0.15) is 22.5 Å². The quantitative estimate of drug-likeness (QED) is 0.370. The van der Waals surface area contributed by atoms with Crippen molar-refractivity contribution in [2.24, 2.45) is 0 Å². The van der Waals surface area contributed by atoms with Crippen LogP contribution in [0, 0.1) is 17.1 Å². The van der Waals surface area contributed by atoms with Gasteiger partial charge in [-0.05, 0) is 42.0 Å². The van der Waals surface area contributed by atoms with Crippen LogP contribution in [-0.2, 0) is 4.74 Å². The number of ether oxygens (including phenoxy) is 1. The minimum absolute atomic E-state index is 0.296. The number of nitriles is 1. The van der Waals surface area contributed by atoms with Gasteiger partial charge in [-0.2, -0.15) is 5.26 Å². The summed E-state index contributed by atoms with van der Waals surface area (Å²) in [4.78, 5) is 4.13. The van der Waals surface area contributed by atoms with E-state index in [0.717, 1.165) is 22.0 Å². The van der Waals surface area contributed by atoms with E-state index < -0.39 is 0 Å². The molecule has 0 bridgehead atoms. The molecule has 0 unspecified atom stereocenters. The zero-order chi connectivity index (χ0) is 24.2. The maximum absolute atomic E-state index is 13.5. The molecule has 1 fully saturated rings. The third-order valence-electron chi connectivity index (χ3n) is 5.77. The minimum Gasteiger partial charge on any atom is -0.378 e. The van der Waals surface area contributed by atoms with Crippen LogP contribution >= 0.6 is 11.8 Å². The number of hydrogen-bond donors (Lipinski definition) is 0. The van der Waals surface area contributed by atoms with E-state index in [2.05, 4.69) is 27.7 Å². The summed E-state index contributed by atoms with van der Waals surface area (Å²) in [5.41, 5.74) is 3.00. The zero-order valence-electron chi connectivity index (χ0n) is 19.0. The van der Waals surface area contributed by atoms with Crippen LogP contribution in [0.15, 0.2) is 77.7 Å². The zero-order valence-corrected chi connectivity index (χ0v) is 19.8. The fourth-order valence-corrected chi connectivity index (χ4v) is 5.15. The Balaban J connectivity index is 1.63. The van der Waals surface area contributed by atoms with Gasteiger partial charge in [-0.1, -0.05) is 36.0 Å². The summed E-state index contributed by atoms with van der Waals surface area (Å²) in [6.07, 6.45) is 1.78. The Hall–Kier alpha value is -3.87. The van der Waals surface area contributed by atoms with Crippen LogP contribution in [0.2, 0.25) is 0 Å². The number of rotatable bonds is 6. The summed E-state index contributed by atoms with van der Waals surface area (Å²) >= 11 is 1.44. The molecule has 2 aliphatic rings. The van der Waals surface area contributed by atoms with E-state index in [9.17, 15) is 9.65 Å². The highest BCUT2D eigenvalue weighted by Gasteiger charge is 2.30. The Bertz CT molecular complexity index is 1320. The van der Waals surface area contributed by atoms with Crippen LogP contribution in [0.3, 0.4) is 0 Å². The molecule has 176 valence electrons. The summed E-state index contributed by atoms with van der Waals surface area (Å²) < 4.78 is 21.0. The second-order valence-corrected chi connectivity index (χ2v) is 8.77. The summed E-state index contributed by atoms with van der Waals surface area (Å²) in [6.45, 7) is 6.97. The molecular formula is C26H23FN6OS. The first kappa shape index (κ1) is 22.9. The van der Waals surface area contributed by atoms with Crippen molar-refractivity contribution in [1.29, 1.82) is 5.26 Å². The lowest BCUT2D eigenvalue weighted by atomic mass is 10.1. The Labute approximate surface area is 207 Å². The molecule has 0 N–H and O–H groups in total. The van der Waals surface area contributed by atoms with Crippen molar-refractivity contribution in [3.05, 3.63) is 94.9 Å². The lowest BCUT2D eigenvalue weighted by molar-refractivity contribution is 0.122. The molecule has 7 nitrogen and oxygen atoms in total. The van der Waals surface area contributed by atoms with Gasteiger partial charge in [-0.15, -0.1) is 16.8 Å². The highest BCUT2D eigenvalue weighted by molar-refractivity contribution is 8.06. The van der Waals surface area contributed by atoms with Crippen molar-refractivity contribution in [2.45, 2.75) is 0 Å². The maximum Gasteiger partial charge on any atom is 0.232 e. The van der Waals surface area contributed by atoms with Crippen molar-refractivity contribution >= 4 is 29.0 Å². The second kappa shape index (κ2) is 10.2. The predicted octanol–water partition coefficient (Wildman–Crippen LogP) is 4.67. The first-order valence-electron chi connectivity index (χ1n) is 11.2. The Morgan fingerprint density at radius 3 is 2.54 bits per heavy atom. The molecule has 35 heavy (non-hydrogen) atoms. The third-order valence-corrected chi connectivity index (χ3v) is 6.76. The molecule has 2 aliphatic heterocycles. The molecule has 1 saturated heterocycles. The van der Waals surface area contributed by atoms with E-state index >= 15 is 0 Å². The highest BCUT2D eigenvalue weighted by atomic mass is 32.2. The first-order valence-corrected chi connectivity index (χ1v) is 12.1. The molecule has 9 heteroatoms. The van der Waals surface area contributed by atoms with Crippen LogP contribution in [0.25, 0.3) is 17.0 Å². The molecule has 1 aromatic heterocycles. The van der Waals surface area contributed by atoms with Crippen molar-refractivity contribution in [3.63, 3.8) is 0 Å². The first-order chi connectivity index (χ1) is 17.2. The number of aromatic nitrogens is 3. The van der Waals surface area contributed by atoms with Gasteiger partial charge in [0.15, 0.2) is 5.82 Å². The molecular weight excluding hydrogens is 463 g/mol. The van der Waals surface area contributed by atoms with Crippen molar-refractivity contribution in [3.8, 4) is 11.8 Å². The van der Waals surface area contributed by atoms with E-state index in [1.165, 1.54) is 23.9 Å². The molecule has 0 radical (unpaired) electrons. The Morgan fingerprint density at radius 2 is 1.86 bits per heavy atom. The molecule has 3 aromatic rings. The van der Waals surface area contributed by atoms with E-state index in [0.29, 0.717) is 50.2 Å². The topological polar surface area (TPSA) is 70.2 Å². The number of para-hydroxylation sites is 1. The predicted molar refractivity (Wildman–Crippen MR) is 136 cm³/mol. The molecule has 0 atom stereocenters. The number of benzene rings is 2. The van der Waals surface area contributed by atoms with Gasteiger partial charge < -0.3 is 14.5 Å². The van der Waals surface area contributed by atoms with Crippen LogP contribution in [-0.4, -0.2) is 52.5 Å². The van der Waals surface area contributed by atoms with E-state index in [1.807, 2.05) is 45.2 Å². The molecule has 0 amide bonds. The summed E-state index contributed by atoms with van der Waals surface area (Å²) in [5.74, 6) is 0.841. The molecule has 0 saturated carbocycles. The smallest absolute Gasteiger partial charge is 0.232 e. The minimum atomic E-state index is -0.296. The molecule has 5 rings (SSSR count). The van der Waals surface area contributed by atoms with Crippen LogP contribution in [0.4, 0.5) is 10.3 Å². The molecule has 0 aliphatic carbocycles. The number of morpholine rings is 1. The fourth-order valence-electron chi connectivity index (χ4n) is 4.11. The number of hydrogen-bond acceptors (Lipinski definition) is 7. The number of anilines is 1. The lowest BCUT2D eigenvalue weighted by Gasteiger charge is -2.28. The Morgan fingerprint density at radius 1 is 1.11 bits per heavy atom. The highest BCUT2D eigenvalue weighted by Crippen LogP contribution is 2.43. The number of nitrogens with zero attached hydrogens (tertiary/aromatic N) is 6. The third kappa shape index (κ3) is 4.46. The fraction of sp³-hybridized carbons (Fsp3) is 0.192. The van der Waals surface area contributed by atoms with Crippen LogP contribution in [0.1, 0.15) is 11.4 Å². The maximum atomic E-state index is 13.5. The summed E-state index contributed by atoms with van der Waals surface area (Å²) in [6, 6.07) is 18.5. The standard InChI is InChI=1S/C26H23FN6OS/c1-2-12-32-23(19-8-10-20(27)11-9-19)18-35-25(32)22(17-28)24-29-30-26(31-13-15-34-16-14-31)33(24)21-6-4-3-5-7-21/h2-11,18H,1,12-16H2. The van der Waals surface area contributed by atoms with Gasteiger partial charge in [-0.25, -0.2) is 4.39 Å². The molecule has 3 heterocycles. The lowest BCUT2D eigenvalue weighted by Crippen LogP contribution is -2.38. The molecule has 2 aromatic carbocycles. The van der Waals surface area contributed by atoms with Crippen LogP contribution in [0.5, 0.6) is 0 Å². The summed E-state index contributed by atoms with van der Waals surface area (Å²) in [5, 5.41) is 22.0. The normalized spacial score (nSPS) is 17.2. The molecule has 0 spiro atoms. The van der Waals surface area contributed by atoms with Crippen LogP contribution < -0.4 is 4.90 Å². The SMILES string of the molecule is C=CCN1C(c2ccc(F)cc2)=CSC1=C(C#N)c1nnc(N2CCOCC2)n1-c1ccccc1. The van der Waals surface area contributed by atoms with Crippen molar-refractivity contribution in [1.82, 2.24) is 19.7 Å². The van der Waals surface area contributed by atoms with Gasteiger partial charge in [0.2, 0.25) is 5.95 Å². The van der Waals surface area contributed by atoms with Crippen molar-refractivity contribution in [2.75, 3.05) is 37.7 Å². The van der Waals surface area contributed by atoms with Gasteiger partial charge in [-0.3, -0.25) is 4.57 Å². The monoisotopic (exact) mass is 486 g/mol. The number of allylic oxidation sites excluding steroid dienone is 1.